The first-order valence-electron chi connectivity index (χ1n) is 9.21. The van der Waals surface area contributed by atoms with Gasteiger partial charge in [-0.25, -0.2) is 0 Å². The minimum absolute atomic E-state index is 0.165. The van der Waals surface area contributed by atoms with Crippen molar-refractivity contribution in [2.24, 2.45) is 0 Å². The molecule has 0 saturated carbocycles. The van der Waals surface area contributed by atoms with Crippen molar-refractivity contribution >= 4 is 11.6 Å². The SMILES string of the molecule is COc1ccc(OC)c(NC(=O)c2ccc(=O)n(Cc3cc(C)ccc3C)c2)c1. The summed E-state index contributed by atoms with van der Waals surface area (Å²) in [6.45, 7) is 4.42. The lowest BCUT2D eigenvalue weighted by Crippen LogP contribution is -2.23. The maximum Gasteiger partial charge on any atom is 0.257 e. The van der Waals surface area contributed by atoms with Crippen LogP contribution in [0.3, 0.4) is 0 Å². The summed E-state index contributed by atoms with van der Waals surface area (Å²) in [7, 11) is 3.08. The molecule has 0 spiro atoms. The van der Waals surface area contributed by atoms with Crippen LogP contribution in [0, 0.1) is 13.8 Å². The molecule has 0 aliphatic carbocycles. The van der Waals surface area contributed by atoms with Crippen LogP contribution in [0.15, 0.2) is 59.5 Å². The predicted molar refractivity (Wildman–Crippen MR) is 113 cm³/mol. The first kappa shape index (κ1) is 20.2. The molecule has 29 heavy (non-hydrogen) atoms. The lowest BCUT2D eigenvalue weighted by Gasteiger charge is -2.13. The van der Waals surface area contributed by atoms with Crippen LogP contribution in [-0.4, -0.2) is 24.7 Å². The van der Waals surface area contributed by atoms with E-state index in [0.717, 1.165) is 16.7 Å². The number of benzene rings is 2. The van der Waals surface area contributed by atoms with Crippen LogP contribution in [0.4, 0.5) is 5.69 Å². The predicted octanol–water partition coefficient (Wildman–Crippen LogP) is 3.78. The molecule has 1 aromatic heterocycles. The van der Waals surface area contributed by atoms with Gasteiger partial charge in [-0.2, -0.15) is 0 Å². The number of amides is 1. The summed E-state index contributed by atoms with van der Waals surface area (Å²) in [5.41, 5.74) is 3.96. The zero-order valence-corrected chi connectivity index (χ0v) is 17.0. The van der Waals surface area contributed by atoms with E-state index >= 15 is 0 Å². The van der Waals surface area contributed by atoms with Gasteiger partial charge in [-0.05, 0) is 43.2 Å². The standard InChI is InChI=1S/C23H24N2O4/c1-15-5-6-16(2)18(11-15)14-25-13-17(7-10-22(25)26)23(27)24-20-12-19(28-3)8-9-21(20)29-4/h5-13H,14H2,1-4H3,(H,24,27). The maximum absolute atomic E-state index is 12.8. The van der Waals surface area contributed by atoms with E-state index in [0.29, 0.717) is 29.3 Å². The molecule has 0 atom stereocenters. The fourth-order valence-corrected chi connectivity index (χ4v) is 3.05. The Bertz CT molecular complexity index is 1100. The number of hydrogen-bond donors (Lipinski definition) is 1. The highest BCUT2D eigenvalue weighted by Crippen LogP contribution is 2.29. The molecule has 150 valence electrons. The molecule has 0 radical (unpaired) electrons. The van der Waals surface area contributed by atoms with Crippen molar-refractivity contribution in [1.29, 1.82) is 0 Å². The van der Waals surface area contributed by atoms with E-state index in [9.17, 15) is 9.59 Å². The smallest absolute Gasteiger partial charge is 0.257 e. The summed E-state index contributed by atoms with van der Waals surface area (Å²) < 4.78 is 12.1. The Kier molecular flexibility index (Phi) is 6.02. The average molecular weight is 392 g/mol. The quantitative estimate of drug-likeness (QED) is 0.693. The highest BCUT2D eigenvalue weighted by Gasteiger charge is 2.13. The number of methoxy groups -OCH3 is 2. The first-order chi connectivity index (χ1) is 13.9. The fourth-order valence-electron chi connectivity index (χ4n) is 3.05. The van der Waals surface area contributed by atoms with Gasteiger partial charge in [0.05, 0.1) is 32.0 Å². The van der Waals surface area contributed by atoms with Crippen molar-refractivity contribution < 1.29 is 14.3 Å². The zero-order valence-electron chi connectivity index (χ0n) is 17.0. The number of aryl methyl sites for hydroxylation is 2. The molecule has 1 N–H and O–H groups in total. The Morgan fingerprint density at radius 3 is 2.52 bits per heavy atom. The molecule has 0 bridgehead atoms. The largest absolute Gasteiger partial charge is 0.497 e. The van der Waals surface area contributed by atoms with Crippen molar-refractivity contribution in [3.63, 3.8) is 0 Å². The summed E-state index contributed by atoms with van der Waals surface area (Å²) in [5.74, 6) is 0.773. The Hall–Kier alpha value is -3.54. The van der Waals surface area contributed by atoms with E-state index in [4.69, 9.17) is 9.47 Å². The first-order valence-corrected chi connectivity index (χ1v) is 9.21. The molecule has 1 amide bonds. The van der Waals surface area contributed by atoms with Gasteiger partial charge in [0, 0.05) is 18.3 Å². The molecule has 2 aromatic carbocycles. The number of rotatable bonds is 6. The molecule has 1 heterocycles. The summed E-state index contributed by atoms with van der Waals surface area (Å²) >= 11 is 0. The number of ether oxygens (including phenoxy) is 2. The summed E-state index contributed by atoms with van der Waals surface area (Å²) in [5, 5.41) is 2.82. The van der Waals surface area contributed by atoms with E-state index < -0.39 is 0 Å². The van der Waals surface area contributed by atoms with E-state index in [2.05, 4.69) is 11.4 Å². The van der Waals surface area contributed by atoms with Crippen molar-refractivity contribution in [2.45, 2.75) is 20.4 Å². The molecule has 3 rings (SSSR count). The number of nitrogens with zero attached hydrogens (tertiary/aromatic N) is 1. The lowest BCUT2D eigenvalue weighted by atomic mass is 10.1. The minimum Gasteiger partial charge on any atom is -0.497 e. The summed E-state index contributed by atoms with van der Waals surface area (Å²) in [4.78, 5) is 25.1. The van der Waals surface area contributed by atoms with Crippen molar-refractivity contribution in [3.8, 4) is 11.5 Å². The number of nitrogens with one attached hydrogen (secondary N) is 1. The van der Waals surface area contributed by atoms with Crippen molar-refractivity contribution in [1.82, 2.24) is 4.57 Å². The highest BCUT2D eigenvalue weighted by molar-refractivity contribution is 6.04. The van der Waals surface area contributed by atoms with Gasteiger partial charge in [-0.3, -0.25) is 9.59 Å². The summed E-state index contributed by atoms with van der Waals surface area (Å²) in [6, 6.07) is 14.2. The molecule has 6 heteroatoms. The van der Waals surface area contributed by atoms with Gasteiger partial charge in [-0.1, -0.05) is 23.8 Å². The van der Waals surface area contributed by atoms with Gasteiger partial charge >= 0.3 is 0 Å². The highest BCUT2D eigenvalue weighted by atomic mass is 16.5. The van der Waals surface area contributed by atoms with Gasteiger partial charge in [0.2, 0.25) is 0 Å². The van der Waals surface area contributed by atoms with Crippen LogP contribution < -0.4 is 20.3 Å². The molecule has 0 saturated heterocycles. The van der Waals surface area contributed by atoms with Gasteiger partial charge in [-0.15, -0.1) is 0 Å². The molecular formula is C23H24N2O4. The number of carbonyl (C=O) groups excluding carboxylic acids is 1. The molecule has 0 unspecified atom stereocenters. The third-order valence-electron chi connectivity index (χ3n) is 4.75. The van der Waals surface area contributed by atoms with Crippen LogP contribution in [-0.2, 0) is 6.54 Å². The van der Waals surface area contributed by atoms with Crippen LogP contribution in [0.5, 0.6) is 11.5 Å². The molecule has 0 aliphatic heterocycles. The summed E-state index contributed by atoms with van der Waals surface area (Å²) in [6.07, 6.45) is 1.58. The van der Waals surface area contributed by atoms with E-state index in [1.165, 1.54) is 19.2 Å². The van der Waals surface area contributed by atoms with Gasteiger partial charge < -0.3 is 19.4 Å². The van der Waals surface area contributed by atoms with Gasteiger partial charge in [0.1, 0.15) is 11.5 Å². The van der Waals surface area contributed by atoms with Crippen molar-refractivity contribution in [3.05, 3.63) is 87.3 Å². The zero-order chi connectivity index (χ0) is 21.0. The topological polar surface area (TPSA) is 69.6 Å². The van der Waals surface area contributed by atoms with Crippen LogP contribution >= 0.6 is 0 Å². The fraction of sp³-hybridized carbons (Fsp3) is 0.217. The number of anilines is 1. The lowest BCUT2D eigenvalue weighted by molar-refractivity contribution is 0.102. The second-order valence-electron chi connectivity index (χ2n) is 6.83. The normalized spacial score (nSPS) is 10.5. The van der Waals surface area contributed by atoms with E-state index in [1.807, 2.05) is 26.0 Å². The Morgan fingerprint density at radius 1 is 1.00 bits per heavy atom. The third-order valence-corrected chi connectivity index (χ3v) is 4.75. The Balaban J connectivity index is 1.88. The Morgan fingerprint density at radius 2 is 1.79 bits per heavy atom. The molecule has 6 nitrogen and oxygen atoms in total. The number of aromatic nitrogens is 1. The third kappa shape index (κ3) is 4.66. The number of hydrogen-bond acceptors (Lipinski definition) is 4. The molecular weight excluding hydrogens is 368 g/mol. The average Bonchev–Trinajstić information content (AvgIpc) is 2.72. The second-order valence-corrected chi connectivity index (χ2v) is 6.83. The van der Waals surface area contributed by atoms with Gasteiger partial charge in [0.15, 0.2) is 0 Å². The van der Waals surface area contributed by atoms with Crippen LogP contribution in [0.25, 0.3) is 0 Å². The Labute approximate surface area is 169 Å². The minimum atomic E-state index is -0.341. The molecule has 0 aliphatic rings. The number of carbonyl (C=O) groups is 1. The van der Waals surface area contributed by atoms with Crippen LogP contribution in [0.2, 0.25) is 0 Å². The molecule has 3 aromatic rings. The van der Waals surface area contributed by atoms with Crippen LogP contribution in [0.1, 0.15) is 27.0 Å². The van der Waals surface area contributed by atoms with Gasteiger partial charge in [0.25, 0.3) is 11.5 Å². The van der Waals surface area contributed by atoms with E-state index in [-0.39, 0.29) is 11.5 Å². The maximum atomic E-state index is 12.8. The van der Waals surface area contributed by atoms with E-state index in [1.54, 1.807) is 36.1 Å². The van der Waals surface area contributed by atoms with Crippen molar-refractivity contribution in [2.75, 3.05) is 19.5 Å². The number of pyridine rings is 1. The second kappa shape index (κ2) is 8.65. The monoisotopic (exact) mass is 392 g/mol. The molecule has 0 fully saturated rings.